The van der Waals surface area contributed by atoms with Crippen molar-refractivity contribution in [1.82, 2.24) is 20.1 Å². The van der Waals surface area contributed by atoms with E-state index in [4.69, 9.17) is 10.1 Å². The van der Waals surface area contributed by atoms with Gasteiger partial charge < -0.3 is 5.32 Å². The number of amides is 1. The molecular weight excluding hydrogens is 324 g/mol. The first-order valence-electron chi connectivity index (χ1n) is 8.99. The quantitative estimate of drug-likeness (QED) is 0.776. The molecule has 1 aromatic carbocycles. The van der Waals surface area contributed by atoms with Crippen molar-refractivity contribution in [3.05, 3.63) is 46.8 Å². The standard InChI is InChI=1S/C21H26N4O/c1-12(2)25-15(5)20(14(4)24-25)18-10-13(3)17-9-7-8-16(21(17)23-18)11-19(26)22-6/h7-10,12H,11H2,1-6H3,(H,22,26). The monoisotopic (exact) mass is 350 g/mol. The number of aryl methyl sites for hydroxylation is 2. The molecule has 136 valence electrons. The van der Waals surface area contributed by atoms with Gasteiger partial charge in [0.25, 0.3) is 0 Å². The molecule has 3 rings (SSSR count). The van der Waals surface area contributed by atoms with Crippen LogP contribution < -0.4 is 5.32 Å². The van der Waals surface area contributed by atoms with Crippen molar-refractivity contribution in [3.8, 4) is 11.3 Å². The Labute approximate surface area is 154 Å². The predicted molar refractivity (Wildman–Crippen MR) is 105 cm³/mol. The third-order valence-electron chi connectivity index (χ3n) is 4.83. The number of nitrogens with zero attached hydrogens (tertiary/aromatic N) is 3. The van der Waals surface area contributed by atoms with Gasteiger partial charge in [0.05, 0.1) is 23.3 Å². The summed E-state index contributed by atoms with van der Waals surface area (Å²) in [7, 11) is 1.66. The first kappa shape index (κ1) is 18.1. The average molecular weight is 350 g/mol. The molecule has 0 fully saturated rings. The molecule has 1 N–H and O–H groups in total. The van der Waals surface area contributed by atoms with Crippen LogP contribution in [0.4, 0.5) is 0 Å². The summed E-state index contributed by atoms with van der Waals surface area (Å²) in [4.78, 5) is 16.9. The van der Waals surface area contributed by atoms with E-state index in [1.807, 2.05) is 23.7 Å². The summed E-state index contributed by atoms with van der Waals surface area (Å²) in [6, 6.07) is 8.44. The van der Waals surface area contributed by atoms with Crippen molar-refractivity contribution in [2.75, 3.05) is 7.05 Å². The van der Waals surface area contributed by atoms with E-state index in [0.717, 1.165) is 44.7 Å². The molecule has 0 aliphatic carbocycles. The largest absolute Gasteiger partial charge is 0.359 e. The van der Waals surface area contributed by atoms with Crippen LogP contribution >= 0.6 is 0 Å². The lowest BCUT2D eigenvalue weighted by Crippen LogP contribution is -2.20. The number of carbonyl (C=O) groups is 1. The Balaban J connectivity index is 2.23. The molecule has 0 spiro atoms. The van der Waals surface area contributed by atoms with Crippen LogP contribution in [0.3, 0.4) is 0 Å². The highest BCUT2D eigenvalue weighted by Gasteiger charge is 2.18. The molecule has 0 saturated carbocycles. The topological polar surface area (TPSA) is 59.8 Å². The van der Waals surface area contributed by atoms with Crippen LogP contribution in [0.1, 0.15) is 42.4 Å². The maximum Gasteiger partial charge on any atom is 0.224 e. The van der Waals surface area contributed by atoms with Gasteiger partial charge in [0.2, 0.25) is 5.91 Å². The van der Waals surface area contributed by atoms with Gasteiger partial charge in [-0.25, -0.2) is 4.98 Å². The van der Waals surface area contributed by atoms with E-state index in [9.17, 15) is 4.79 Å². The molecule has 1 amide bonds. The number of rotatable bonds is 4. The first-order valence-corrected chi connectivity index (χ1v) is 8.99. The van der Waals surface area contributed by atoms with E-state index >= 15 is 0 Å². The molecule has 0 aliphatic heterocycles. The van der Waals surface area contributed by atoms with Crippen molar-refractivity contribution >= 4 is 16.8 Å². The molecule has 3 aromatic rings. The van der Waals surface area contributed by atoms with E-state index in [1.54, 1.807) is 7.05 Å². The van der Waals surface area contributed by atoms with Crippen LogP contribution in [0.2, 0.25) is 0 Å². The van der Waals surface area contributed by atoms with Crippen LogP contribution in [-0.4, -0.2) is 27.7 Å². The lowest BCUT2D eigenvalue weighted by molar-refractivity contribution is -0.119. The zero-order chi connectivity index (χ0) is 19.0. The van der Waals surface area contributed by atoms with Gasteiger partial charge in [-0.1, -0.05) is 18.2 Å². The Bertz CT molecular complexity index is 985. The van der Waals surface area contributed by atoms with Crippen LogP contribution in [0.5, 0.6) is 0 Å². The SMILES string of the molecule is CNC(=O)Cc1cccc2c(C)cc(-c3c(C)nn(C(C)C)c3C)nc12. The van der Waals surface area contributed by atoms with E-state index < -0.39 is 0 Å². The van der Waals surface area contributed by atoms with Gasteiger partial charge >= 0.3 is 0 Å². The number of hydrogen-bond donors (Lipinski definition) is 1. The van der Waals surface area contributed by atoms with Crippen molar-refractivity contribution in [3.63, 3.8) is 0 Å². The molecule has 2 heterocycles. The maximum absolute atomic E-state index is 11.9. The fraction of sp³-hybridized carbons (Fsp3) is 0.381. The Morgan fingerprint density at radius 1 is 1.23 bits per heavy atom. The molecule has 5 nitrogen and oxygen atoms in total. The van der Waals surface area contributed by atoms with Gasteiger partial charge in [-0.05, 0) is 51.8 Å². The van der Waals surface area contributed by atoms with E-state index in [0.29, 0.717) is 12.5 Å². The number of para-hydroxylation sites is 1. The molecule has 0 unspecified atom stereocenters. The summed E-state index contributed by atoms with van der Waals surface area (Å²) in [6.45, 7) is 10.5. The molecule has 5 heteroatoms. The molecule has 2 aromatic heterocycles. The Morgan fingerprint density at radius 2 is 1.96 bits per heavy atom. The van der Waals surface area contributed by atoms with Crippen LogP contribution in [0.25, 0.3) is 22.2 Å². The van der Waals surface area contributed by atoms with Crippen molar-refractivity contribution in [2.45, 2.75) is 47.1 Å². The van der Waals surface area contributed by atoms with Crippen molar-refractivity contribution in [1.29, 1.82) is 0 Å². The summed E-state index contributed by atoms with van der Waals surface area (Å²) in [5.74, 6) is -0.0117. The maximum atomic E-state index is 11.9. The highest BCUT2D eigenvalue weighted by molar-refractivity contribution is 5.91. The fourth-order valence-corrected chi connectivity index (χ4v) is 3.55. The molecule has 0 saturated heterocycles. The van der Waals surface area contributed by atoms with Crippen molar-refractivity contribution < 1.29 is 4.79 Å². The van der Waals surface area contributed by atoms with Gasteiger partial charge in [0.1, 0.15) is 0 Å². The van der Waals surface area contributed by atoms with Crippen LogP contribution in [-0.2, 0) is 11.2 Å². The number of carbonyl (C=O) groups excluding carboxylic acids is 1. The summed E-state index contributed by atoms with van der Waals surface area (Å²) in [5.41, 5.74) is 7.08. The minimum atomic E-state index is -0.0117. The number of pyridine rings is 1. The number of aromatic nitrogens is 3. The van der Waals surface area contributed by atoms with E-state index in [1.165, 1.54) is 0 Å². The second-order valence-electron chi connectivity index (χ2n) is 7.07. The fourth-order valence-electron chi connectivity index (χ4n) is 3.55. The minimum Gasteiger partial charge on any atom is -0.359 e. The molecule has 0 aliphatic rings. The number of fused-ring (bicyclic) bond motifs is 1. The van der Waals surface area contributed by atoms with E-state index in [-0.39, 0.29) is 5.91 Å². The lowest BCUT2D eigenvalue weighted by atomic mass is 10.00. The summed E-state index contributed by atoms with van der Waals surface area (Å²) in [5, 5.41) is 8.47. The average Bonchev–Trinajstić information content (AvgIpc) is 2.90. The third-order valence-corrected chi connectivity index (χ3v) is 4.83. The lowest BCUT2D eigenvalue weighted by Gasteiger charge is -2.12. The Morgan fingerprint density at radius 3 is 2.58 bits per heavy atom. The Hall–Kier alpha value is -2.69. The molecule has 0 radical (unpaired) electrons. The predicted octanol–water partition coefficient (Wildman–Crippen LogP) is 3.89. The second kappa shape index (κ2) is 6.90. The minimum absolute atomic E-state index is 0.0117. The molecule has 0 atom stereocenters. The van der Waals surface area contributed by atoms with Gasteiger partial charge in [-0.15, -0.1) is 0 Å². The second-order valence-corrected chi connectivity index (χ2v) is 7.07. The van der Waals surface area contributed by atoms with E-state index in [2.05, 4.69) is 45.1 Å². The highest BCUT2D eigenvalue weighted by atomic mass is 16.1. The zero-order valence-corrected chi connectivity index (χ0v) is 16.3. The van der Waals surface area contributed by atoms with Gasteiger partial charge in [-0.3, -0.25) is 9.48 Å². The van der Waals surface area contributed by atoms with Crippen molar-refractivity contribution in [2.24, 2.45) is 0 Å². The normalized spacial score (nSPS) is 11.3. The van der Waals surface area contributed by atoms with Crippen LogP contribution in [0, 0.1) is 20.8 Å². The number of likely N-dealkylation sites (N-methyl/N-ethyl adjacent to an activating group) is 1. The highest BCUT2D eigenvalue weighted by Crippen LogP contribution is 2.31. The van der Waals surface area contributed by atoms with Crippen LogP contribution in [0.15, 0.2) is 24.3 Å². The van der Waals surface area contributed by atoms with Gasteiger partial charge in [0.15, 0.2) is 0 Å². The summed E-state index contributed by atoms with van der Waals surface area (Å²) < 4.78 is 2.04. The number of benzene rings is 1. The summed E-state index contributed by atoms with van der Waals surface area (Å²) >= 11 is 0. The van der Waals surface area contributed by atoms with Gasteiger partial charge in [0, 0.05) is 29.7 Å². The summed E-state index contributed by atoms with van der Waals surface area (Å²) in [6.07, 6.45) is 0.326. The molecular formula is C21H26N4O. The first-order chi connectivity index (χ1) is 12.3. The van der Waals surface area contributed by atoms with Gasteiger partial charge in [-0.2, -0.15) is 5.10 Å². The molecule has 26 heavy (non-hydrogen) atoms. The smallest absolute Gasteiger partial charge is 0.224 e. The third kappa shape index (κ3) is 3.09. The number of nitrogens with one attached hydrogen (secondary N) is 1. The zero-order valence-electron chi connectivity index (χ0n) is 16.3. The number of hydrogen-bond acceptors (Lipinski definition) is 3. The molecule has 0 bridgehead atoms. The Kier molecular flexibility index (Phi) is 4.81.